The molecule has 0 fully saturated rings. The molecule has 4 rings (SSSR count). The molecule has 0 saturated heterocycles. The molecule has 3 aromatic carbocycles. The molecular formula is C25H19N3O5S. The van der Waals surface area contributed by atoms with Gasteiger partial charge in [-0.1, -0.05) is 30.3 Å². The van der Waals surface area contributed by atoms with Gasteiger partial charge in [-0.25, -0.2) is 4.79 Å². The van der Waals surface area contributed by atoms with E-state index in [1.807, 2.05) is 19.9 Å². The monoisotopic (exact) mass is 473 g/mol. The topological polar surface area (TPSA) is 123 Å². The van der Waals surface area contributed by atoms with Crippen LogP contribution >= 0.6 is 11.7 Å². The third-order valence-electron chi connectivity index (χ3n) is 5.63. The number of Topliss-reactive ketones (excluding diaryl/α,β-unsaturated/α-hetero) is 1. The number of rotatable bonds is 7. The Hall–Kier alpha value is -4.24. The quantitative estimate of drug-likeness (QED) is 0.170. The zero-order valence-electron chi connectivity index (χ0n) is 18.3. The predicted octanol–water partition coefficient (Wildman–Crippen LogP) is 5.18. The molecule has 0 aliphatic rings. The van der Waals surface area contributed by atoms with Gasteiger partial charge in [-0.15, -0.1) is 0 Å². The van der Waals surface area contributed by atoms with Crippen LogP contribution in [-0.4, -0.2) is 30.5 Å². The number of allylic oxidation sites excluding steroid dienone is 1. The molecule has 9 heteroatoms. The molecule has 0 aliphatic heterocycles. The zero-order chi connectivity index (χ0) is 24.4. The summed E-state index contributed by atoms with van der Waals surface area (Å²) < 4.78 is 8.33. The van der Waals surface area contributed by atoms with Crippen LogP contribution in [0.2, 0.25) is 0 Å². The van der Waals surface area contributed by atoms with Crippen molar-refractivity contribution >= 4 is 45.8 Å². The normalized spacial score (nSPS) is 11.8. The van der Waals surface area contributed by atoms with Crippen LogP contribution in [0, 0.1) is 24.0 Å². The smallest absolute Gasteiger partial charge is 0.336 e. The Morgan fingerprint density at radius 1 is 0.912 bits per heavy atom. The summed E-state index contributed by atoms with van der Waals surface area (Å²) in [6.45, 7) is 3.81. The lowest BCUT2D eigenvalue weighted by atomic mass is 9.88. The predicted molar refractivity (Wildman–Crippen MR) is 129 cm³/mol. The highest BCUT2D eigenvalue weighted by Gasteiger charge is 2.25. The number of benzene rings is 3. The van der Waals surface area contributed by atoms with Gasteiger partial charge in [0.05, 0.1) is 22.2 Å². The van der Waals surface area contributed by atoms with Gasteiger partial charge >= 0.3 is 5.97 Å². The van der Waals surface area contributed by atoms with E-state index in [4.69, 9.17) is 0 Å². The fraction of sp³-hybridized carbons (Fsp3) is 0.120. The lowest BCUT2D eigenvalue weighted by Crippen LogP contribution is -2.14. The molecule has 4 aromatic rings. The fourth-order valence-electron chi connectivity index (χ4n) is 3.64. The molecule has 34 heavy (non-hydrogen) atoms. The van der Waals surface area contributed by atoms with Gasteiger partial charge in [-0.05, 0) is 54.3 Å². The molecule has 1 heterocycles. The number of nitrogens with zero attached hydrogens (tertiary/aromatic N) is 3. The maximum absolute atomic E-state index is 13.7. The van der Waals surface area contributed by atoms with Gasteiger partial charge in [0.25, 0.3) is 5.69 Å². The summed E-state index contributed by atoms with van der Waals surface area (Å²) in [7, 11) is 0. The Labute approximate surface area is 198 Å². The van der Waals surface area contributed by atoms with Gasteiger partial charge in [0.2, 0.25) is 0 Å². The minimum absolute atomic E-state index is 0.0151. The number of aromatic nitrogens is 2. The molecule has 0 bridgehead atoms. The van der Waals surface area contributed by atoms with E-state index in [-0.39, 0.29) is 23.3 Å². The number of fused-ring (bicyclic) bond motifs is 1. The number of hydrogen-bond donors (Lipinski definition) is 1. The van der Waals surface area contributed by atoms with Crippen LogP contribution in [0.15, 0.2) is 66.2 Å². The van der Waals surface area contributed by atoms with Gasteiger partial charge in [-0.2, -0.15) is 8.75 Å². The van der Waals surface area contributed by atoms with Crippen LogP contribution in [0.4, 0.5) is 5.69 Å². The van der Waals surface area contributed by atoms with Gasteiger partial charge in [0, 0.05) is 29.7 Å². The minimum atomic E-state index is -1.25. The summed E-state index contributed by atoms with van der Waals surface area (Å²) in [5.74, 6) is -1.67. The van der Waals surface area contributed by atoms with Crippen molar-refractivity contribution in [1.29, 1.82) is 0 Å². The highest BCUT2D eigenvalue weighted by atomic mass is 32.1. The van der Waals surface area contributed by atoms with Crippen molar-refractivity contribution in [3.63, 3.8) is 0 Å². The average molecular weight is 474 g/mol. The van der Waals surface area contributed by atoms with Gasteiger partial charge in [0.15, 0.2) is 5.78 Å². The minimum Gasteiger partial charge on any atom is -0.478 e. The van der Waals surface area contributed by atoms with E-state index < -0.39 is 16.7 Å². The Morgan fingerprint density at radius 2 is 1.59 bits per heavy atom. The maximum atomic E-state index is 13.7. The molecule has 0 aliphatic carbocycles. The lowest BCUT2D eigenvalue weighted by Gasteiger charge is -2.14. The second-order valence-corrected chi connectivity index (χ2v) is 8.38. The molecule has 0 amide bonds. The Kier molecular flexibility index (Phi) is 6.29. The number of carbonyl (C=O) groups excluding carboxylic acids is 1. The Morgan fingerprint density at radius 3 is 2.24 bits per heavy atom. The zero-order valence-corrected chi connectivity index (χ0v) is 19.1. The van der Waals surface area contributed by atoms with Crippen LogP contribution in [0.25, 0.3) is 16.6 Å². The Bertz CT molecular complexity index is 1470. The van der Waals surface area contributed by atoms with Gasteiger partial charge < -0.3 is 5.11 Å². The maximum Gasteiger partial charge on any atom is 0.336 e. The Balaban J connectivity index is 1.90. The van der Waals surface area contributed by atoms with E-state index in [9.17, 15) is 24.8 Å². The van der Waals surface area contributed by atoms with E-state index >= 15 is 0 Å². The van der Waals surface area contributed by atoms with Crippen molar-refractivity contribution in [3.8, 4) is 0 Å². The molecule has 170 valence electrons. The fourth-order valence-corrected chi connectivity index (χ4v) is 4.16. The number of non-ortho nitro benzene ring substituents is 1. The summed E-state index contributed by atoms with van der Waals surface area (Å²) in [6.07, 6.45) is -0.0151. The van der Waals surface area contributed by atoms with Crippen molar-refractivity contribution in [2.75, 3.05) is 0 Å². The summed E-state index contributed by atoms with van der Waals surface area (Å²) in [6, 6.07) is 15.8. The first-order chi connectivity index (χ1) is 16.2. The first-order valence-corrected chi connectivity index (χ1v) is 11.0. The van der Waals surface area contributed by atoms with Crippen LogP contribution in [0.5, 0.6) is 0 Å². The second-order valence-electron chi connectivity index (χ2n) is 7.85. The number of nitro benzene ring substituents is 1. The first kappa shape index (κ1) is 22.9. The van der Waals surface area contributed by atoms with E-state index in [2.05, 4.69) is 8.75 Å². The largest absolute Gasteiger partial charge is 0.478 e. The van der Waals surface area contributed by atoms with E-state index in [0.29, 0.717) is 27.7 Å². The average Bonchev–Trinajstić information content (AvgIpc) is 3.28. The standard InChI is InChI=1S/C25H19N3O5S/c1-14-3-6-18(11-15(14)2)24(29)20(12-16-4-8-19(9-5-16)28(32)33)23(25(30)31)17-7-10-21-22(13-17)27-34-26-21/h3-11,13H,12H2,1-2H3,(H,30,31). The van der Waals surface area contributed by atoms with Crippen molar-refractivity contribution in [3.05, 3.63) is 104 Å². The number of hydrogen-bond acceptors (Lipinski definition) is 7. The van der Waals surface area contributed by atoms with Crippen LogP contribution in [0.3, 0.4) is 0 Å². The number of carboxylic acids is 1. The number of aryl methyl sites for hydroxylation is 2. The third-order valence-corrected chi connectivity index (χ3v) is 6.19. The van der Waals surface area contributed by atoms with Gasteiger partial charge in [0.1, 0.15) is 11.0 Å². The number of carbonyl (C=O) groups is 2. The summed E-state index contributed by atoms with van der Waals surface area (Å²) in [5, 5.41) is 21.2. The number of aliphatic carboxylic acids is 1. The van der Waals surface area contributed by atoms with Gasteiger partial charge in [-0.3, -0.25) is 14.9 Å². The summed E-state index contributed by atoms with van der Waals surface area (Å²) >= 11 is 1.02. The van der Waals surface area contributed by atoms with Crippen molar-refractivity contribution in [2.45, 2.75) is 20.3 Å². The molecular weight excluding hydrogens is 454 g/mol. The molecule has 0 unspecified atom stereocenters. The molecule has 1 aromatic heterocycles. The number of ketones is 1. The van der Waals surface area contributed by atoms with Crippen LogP contribution in [-0.2, 0) is 11.2 Å². The highest BCUT2D eigenvalue weighted by Crippen LogP contribution is 2.28. The highest BCUT2D eigenvalue weighted by molar-refractivity contribution is 7.00. The molecule has 1 N–H and O–H groups in total. The summed E-state index contributed by atoms with van der Waals surface area (Å²) in [5.41, 5.74) is 4.22. The molecule has 8 nitrogen and oxygen atoms in total. The lowest BCUT2D eigenvalue weighted by molar-refractivity contribution is -0.384. The van der Waals surface area contributed by atoms with E-state index in [0.717, 1.165) is 22.9 Å². The SMILES string of the molecule is Cc1ccc(C(=O)C(Cc2ccc([N+](=O)[O-])cc2)=C(C(=O)O)c2ccc3nsnc3c2)cc1C. The molecule has 0 radical (unpaired) electrons. The molecule has 0 atom stereocenters. The third kappa shape index (κ3) is 4.60. The van der Waals surface area contributed by atoms with Crippen molar-refractivity contribution < 1.29 is 19.6 Å². The number of nitro groups is 1. The summed E-state index contributed by atoms with van der Waals surface area (Å²) in [4.78, 5) is 36.6. The van der Waals surface area contributed by atoms with Crippen molar-refractivity contribution in [1.82, 2.24) is 8.75 Å². The second kappa shape index (κ2) is 9.32. The van der Waals surface area contributed by atoms with E-state index in [1.165, 1.54) is 24.3 Å². The van der Waals surface area contributed by atoms with Crippen molar-refractivity contribution in [2.24, 2.45) is 0 Å². The number of carboxylic acid groups (broad SMARTS) is 1. The first-order valence-electron chi connectivity index (χ1n) is 10.3. The molecule has 0 saturated carbocycles. The molecule has 0 spiro atoms. The van der Waals surface area contributed by atoms with Crippen LogP contribution < -0.4 is 0 Å². The van der Waals surface area contributed by atoms with Crippen LogP contribution in [0.1, 0.15) is 32.6 Å². The van der Waals surface area contributed by atoms with E-state index in [1.54, 1.807) is 30.3 Å².